The van der Waals surface area contributed by atoms with Gasteiger partial charge < -0.3 is 15.2 Å². The molecule has 0 radical (unpaired) electrons. The molecule has 0 heterocycles. The topological polar surface area (TPSA) is 90.8 Å². The van der Waals surface area contributed by atoms with Gasteiger partial charge in [-0.1, -0.05) is 175 Å². The van der Waals surface area contributed by atoms with E-state index in [9.17, 15) is 4.79 Å². The van der Waals surface area contributed by atoms with Gasteiger partial charge in [0.25, 0.3) is 5.91 Å². The molecule has 45 heavy (non-hydrogen) atoms. The van der Waals surface area contributed by atoms with Crippen molar-refractivity contribution in [2.75, 3.05) is 26.4 Å². The first kappa shape index (κ1) is 49.3. The fraction of sp³-hybridized carbons (Fsp3) is 0.973. The first-order chi connectivity index (χ1) is 21.1. The van der Waals surface area contributed by atoms with Gasteiger partial charge in [-0.25, -0.2) is 5.84 Å². The van der Waals surface area contributed by atoms with Gasteiger partial charge >= 0.3 is 0 Å². The van der Waals surface area contributed by atoms with Crippen molar-refractivity contribution in [2.24, 2.45) is 11.6 Å². The summed E-state index contributed by atoms with van der Waals surface area (Å²) in [5.74, 6) is 5.95. The summed E-state index contributed by atoms with van der Waals surface area (Å²) in [5, 5.41) is 1.26. The van der Waals surface area contributed by atoms with Crippen molar-refractivity contribution in [3.63, 3.8) is 0 Å². The Bertz CT molecular complexity index is 575. The third kappa shape index (κ3) is 35.0. The fourth-order valence-electron chi connectivity index (χ4n) is 5.68. The number of nitrogens with zero attached hydrogens (tertiary/aromatic N) is 1. The van der Waals surface area contributed by atoms with Gasteiger partial charge in [0.15, 0.2) is 0 Å². The van der Waals surface area contributed by atoms with Crippen LogP contribution in [0.3, 0.4) is 0 Å². The SMILES string of the molecule is CCCCCCCCCCCCCCOCC(CN(N)C(=O)C(N)CCCC)OCCCCCCCCCCCCCC.Cl.Cl. The fourth-order valence-corrected chi connectivity index (χ4v) is 5.68. The summed E-state index contributed by atoms with van der Waals surface area (Å²) >= 11 is 0. The number of carbonyl (C=O) groups excluding carboxylic acids is 1. The smallest absolute Gasteiger partial charge is 0.253 e. The Balaban J connectivity index is -0.00000882. The standard InChI is InChI=1S/C37H77N3O3.2ClH/c1-4-7-10-12-14-16-18-20-22-24-26-28-31-42-34-35(33-40(39)37(41)36(38)30-9-6-3)43-32-29-27-25-23-21-19-17-15-13-11-8-5-2;;/h35-36H,4-34,38-39H2,1-3H3;2*1H. The Kier molecular flexibility index (Phi) is 43.9. The number of carbonyl (C=O) groups is 1. The molecule has 0 aromatic heterocycles. The lowest BCUT2D eigenvalue weighted by molar-refractivity contribution is -0.136. The summed E-state index contributed by atoms with van der Waals surface area (Å²) < 4.78 is 12.2. The Morgan fingerprint density at radius 3 is 1.31 bits per heavy atom. The molecule has 0 aliphatic heterocycles. The van der Waals surface area contributed by atoms with Crippen molar-refractivity contribution in [2.45, 2.75) is 206 Å². The van der Waals surface area contributed by atoms with E-state index >= 15 is 0 Å². The predicted octanol–water partition coefficient (Wildman–Crippen LogP) is 10.9. The van der Waals surface area contributed by atoms with Crippen LogP contribution in [-0.2, 0) is 14.3 Å². The number of hydrazine groups is 1. The van der Waals surface area contributed by atoms with Crippen molar-refractivity contribution < 1.29 is 14.3 Å². The highest BCUT2D eigenvalue weighted by molar-refractivity contribution is 5.85. The quantitative estimate of drug-likeness (QED) is 0.0300. The number of hydrogen-bond acceptors (Lipinski definition) is 5. The van der Waals surface area contributed by atoms with Crippen LogP contribution in [0.15, 0.2) is 0 Å². The summed E-state index contributed by atoms with van der Waals surface area (Å²) in [6, 6.07) is -0.538. The van der Waals surface area contributed by atoms with Crippen LogP contribution in [0, 0.1) is 0 Å². The third-order valence-electron chi connectivity index (χ3n) is 8.67. The van der Waals surface area contributed by atoms with E-state index in [1.54, 1.807) is 0 Å². The molecule has 2 unspecified atom stereocenters. The Labute approximate surface area is 293 Å². The maximum atomic E-state index is 12.7. The Morgan fingerprint density at radius 1 is 0.556 bits per heavy atom. The Morgan fingerprint density at radius 2 is 0.911 bits per heavy atom. The summed E-state index contributed by atoms with van der Waals surface area (Å²) in [5.41, 5.74) is 6.09. The molecule has 0 aromatic rings. The number of unbranched alkanes of at least 4 members (excludes halogenated alkanes) is 23. The van der Waals surface area contributed by atoms with Crippen LogP contribution in [0.5, 0.6) is 0 Å². The molecule has 0 fully saturated rings. The van der Waals surface area contributed by atoms with E-state index in [4.69, 9.17) is 21.1 Å². The van der Waals surface area contributed by atoms with E-state index in [1.807, 2.05) is 0 Å². The van der Waals surface area contributed by atoms with Crippen LogP contribution < -0.4 is 11.6 Å². The molecule has 1 amide bonds. The number of amides is 1. The molecule has 0 saturated carbocycles. The van der Waals surface area contributed by atoms with Crippen molar-refractivity contribution >= 4 is 30.7 Å². The Hall–Kier alpha value is -0.110. The summed E-state index contributed by atoms with van der Waals surface area (Å²) in [6.45, 7) is 8.89. The average Bonchev–Trinajstić information content (AvgIpc) is 3.01. The van der Waals surface area contributed by atoms with Crippen molar-refractivity contribution in [3.05, 3.63) is 0 Å². The zero-order valence-electron chi connectivity index (χ0n) is 30.2. The van der Waals surface area contributed by atoms with Crippen LogP contribution >= 0.6 is 24.8 Å². The van der Waals surface area contributed by atoms with E-state index in [-0.39, 0.29) is 36.8 Å². The van der Waals surface area contributed by atoms with Gasteiger partial charge in [0.2, 0.25) is 0 Å². The minimum Gasteiger partial charge on any atom is -0.379 e. The highest BCUT2D eigenvalue weighted by Crippen LogP contribution is 2.14. The number of hydrogen-bond donors (Lipinski definition) is 2. The number of ether oxygens (including phenoxy) is 2. The van der Waals surface area contributed by atoms with Crippen LogP contribution in [0.4, 0.5) is 0 Å². The van der Waals surface area contributed by atoms with Gasteiger partial charge in [-0.05, 0) is 19.3 Å². The molecule has 0 aliphatic carbocycles. The zero-order valence-corrected chi connectivity index (χ0v) is 31.9. The second-order valence-electron chi connectivity index (χ2n) is 13.1. The van der Waals surface area contributed by atoms with E-state index in [2.05, 4.69) is 20.8 Å². The molecule has 0 spiro atoms. The average molecular weight is 685 g/mol. The molecule has 6 nitrogen and oxygen atoms in total. The first-order valence-electron chi connectivity index (χ1n) is 19.1. The summed E-state index contributed by atoms with van der Waals surface area (Å²) in [4.78, 5) is 12.7. The molecule has 0 rings (SSSR count). The van der Waals surface area contributed by atoms with Crippen LogP contribution in [0.1, 0.15) is 194 Å². The zero-order chi connectivity index (χ0) is 31.6. The molecular formula is C37H79Cl2N3O3. The van der Waals surface area contributed by atoms with Gasteiger partial charge in [0, 0.05) is 13.2 Å². The maximum Gasteiger partial charge on any atom is 0.253 e. The van der Waals surface area contributed by atoms with Crippen molar-refractivity contribution in [3.8, 4) is 0 Å². The minimum absolute atomic E-state index is 0. The normalized spacial score (nSPS) is 12.4. The highest BCUT2D eigenvalue weighted by Gasteiger charge is 2.22. The van der Waals surface area contributed by atoms with Crippen LogP contribution in [-0.4, -0.2) is 49.4 Å². The molecule has 0 saturated heterocycles. The molecule has 274 valence electrons. The summed E-state index contributed by atoms with van der Waals surface area (Å²) in [6.07, 6.45) is 34.3. The van der Waals surface area contributed by atoms with Gasteiger partial charge in [0.1, 0.15) is 0 Å². The number of rotatable bonds is 35. The van der Waals surface area contributed by atoms with Crippen molar-refractivity contribution in [1.29, 1.82) is 0 Å². The minimum atomic E-state index is -0.538. The highest BCUT2D eigenvalue weighted by atomic mass is 35.5. The van der Waals surface area contributed by atoms with Gasteiger partial charge in [0.05, 0.1) is 25.3 Å². The number of nitrogens with two attached hydrogens (primary N) is 2. The van der Waals surface area contributed by atoms with E-state index in [0.717, 1.165) is 32.3 Å². The lowest BCUT2D eigenvalue weighted by atomic mass is 10.1. The molecule has 2 atom stereocenters. The molecule has 8 heteroatoms. The molecule has 0 bridgehead atoms. The molecular weight excluding hydrogens is 605 g/mol. The van der Waals surface area contributed by atoms with Gasteiger partial charge in [-0.2, -0.15) is 0 Å². The number of halogens is 2. The molecule has 4 N–H and O–H groups in total. The van der Waals surface area contributed by atoms with E-state index < -0.39 is 6.04 Å². The second-order valence-corrected chi connectivity index (χ2v) is 13.1. The van der Waals surface area contributed by atoms with Crippen LogP contribution in [0.2, 0.25) is 0 Å². The van der Waals surface area contributed by atoms with E-state index in [1.165, 1.54) is 146 Å². The molecule has 0 aliphatic rings. The van der Waals surface area contributed by atoms with Crippen LogP contribution in [0.25, 0.3) is 0 Å². The lowest BCUT2D eigenvalue weighted by Gasteiger charge is -2.26. The largest absolute Gasteiger partial charge is 0.379 e. The summed E-state index contributed by atoms with van der Waals surface area (Å²) in [7, 11) is 0. The van der Waals surface area contributed by atoms with Gasteiger partial charge in [-0.3, -0.25) is 9.80 Å². The third-order valence-corrected chi connectivity index (χ3v) is 8.67. The second kappa shape index (κ2) is 40.1. The monoisotopic (exact) mass is 684 g/mol. The van der Waals surface area contributed by atoms with Crippen molar-refractivity contribution in [1.82, 2.24) is 5.01 Å². The predicted molar refractivity (Wildman–Crippen MR) is 201 cm³/mol. The maximum absolute atomic E-state index is 12.7. The lowest BCUT2D eigenvalue weighted by Crippen LogP contribution is -2.51. The molecule has 0 aromatic carbocycles. The first-order valence-corrected chi connectivity index (χ1v) is 19.1. The van der Waals surface area contributed by atoms with E-state index in [0.29, 0.717) is 26.2 Å². The van der Waals surface area contributed by atoms with Gasteiger partial charge in [-0.15, -0.1) is 24.8 Å².